The maximum Gasteiger partial charge on any atom is 0.410 e. The van der Waals surface area contributed by atoms with Gasteiger partial charge < -0.3 is 98.5 Å². The SMILES string of the molecule is CC(C)(C)OC(=O)CBr.CC(C)(C)OC(=O)CN1CCN(c2cc(Br)nnc2N)CC1.CC(C)(C)OC(=O)N1CCN(c2cc(Br)nnc2N)CC1.CC(C)(C)OC(=O)N1CCNCC1.Cl.Nc1ccc(Br)nn1.Nc1nnc(Br)cc1Br.Nc1nnc(Br)cc1N1CCN(CC(=O)O)CC1.Nc1nnc(Br)cc1N1CCNCC1. The van der Waals surface area contributed by atoms with Crippen LogP contribution < -0.4 is 64.6 Å². The number of carboxylic acid groups (broad SMARTS) is 1. The van der Waals surface area contributed by atoms with E-state index in [1.165, 1.54) is 0 Å². The third-order valence-corrected chi connectivity index (χ3v) is 18.5. The van der Waals surface area contributed by atoms with Crippen molar-refractivity contribution in [2.75, 3.05) is 203 Å². The van der Waals surface area contributed by atoms with E-state index in [1.807, 2.05) is 112 Å². The van der Waals surface area contributed by atoms with Gasteiger partial charge in [-0.05, 0) is 237 Å². The van der Waals surface area contributed by atoms with Crippen molar-refractivity contribution in [2.45, 2.75) is 105 Å². The summed E-state index contributed by atoms with van der Waals surface area (Å²) in [6, 6.07) is 12.6. The Hall–Kier alpha value is -6.60. The van der Waals surface area contributed by atoms with Gasteiger partial charge in [0.05, 0.1) is 40.3 Å². The molecule has 0 atom stereocenters. The summed E-state index contributed by atoms with van der Waals surface area (Å²) < 4.78 is 25.6. The predicted octanol–water partition coefficient (Wildman–Crippen LogP) is 8.80. The zero-order valence-corrected chi connectivity index (χ0v) is 79.8. The summed E-state index contributed by atoms with van der Waals surface area (Å²) in [5.74, 6) is 1.34. The highest BCUT2D eigenvalue weighted by Crippen LogP contribution is 2.29. The number of nitrogens with zero attached hydrogens (tertiary/aromatic N) is 20. The number of piperazine rings is 5. The third-order valence-electron chi connectivity index (χ3n) is 15.1. The fraction of sp³-hybridized carbons (Fsp3) is 0.574. The number of aromatic nitrogens is 12. The summed E-state index contributed by atoms with van der Waals surface area (Å²) in [7, 11) is 0. The van der Waals surface area contributed by atoms with E-state index in [0.717, 1.165) is 123 Å². The lowest BCUT2D eigenvalue weighted by atomic mass is 10.2. The number of nitrogens with two attached hydrogens (primary N) is 6. The van der Waals surface area contributed by atoms with Gasteiger partial charge >= 0.3 is 30.1 Å². The molecule has 0 aromatic carbocycles. The molecule has 15 N–H and O–H groups in total. The van der Waals surface area contributed by atoms with E-state index in [1.54, 1.807) is 28.0 Å². The van der Waals surface area contributed by atoms with Crippen LogP contribution in [0.1, 0.15) is 83.1 Å². The summed E-state index contributed by atoms with van der Waals surface area (Å²) in [5, 5.41) is 60.8. The lowest BCUT2D eigenvalue weighted by molar-refractivity contribution is -0.156. The van der Waals surface area contributed by atoms with E-state index >= 15 is 0 Å². The second kappa shape index (κ2) is 50.3. The standard InChI is InChI=1S/C14H22BrN5O2.C13H20BrN5O2.C10H14BrN5O2.C9H18N2O2.C8H12BrN5.C6H11BrO2.C4H3Br2N3.C4H4BrN3.ClH/c1-14(2,3)22-12(21)9-19-4-6-20(7-5-19)10-8-11(15)17-18-13(10)16;1-13(2,3)21-12(20)19-6-4-18(5-7-19)9-8-10(14)16-17-11(9)15;11-8-5-7(10(12)14-13-8)16-3-1-15(2-4-16)6-9(17)18;1-9(2,3)13-8(12)11-6-4-10-5-7-11;9-7-5-6(8(10)13-12-7)14-3-1-11-2-4-14;1-6(2,3)9-5(8)4-7;5-2-1-3(6)8-9-4(2)7;5-3-1-2-4(6)8-7-3;/h8H,4-7,9H2,1-3H3,(H2,16,18);8H,4-7H2,1-3H3,(H2,15,17);5H,1-4,6H2,(H2,12,14)(H,17,18);10H,4-7H2,1-3H3;5,11H,1-4H2,(H2,10,13);4H2,1-3H3;1H,(H2,7,9);1-2H,(H2,6,8);1H. The summed E-state index contributed by atoms with van der Waals surface area (Å²) in [6.07, 6.45) is -0.474. The number of aliphatic carboxylic acids is 1. The van der Waals surface area contributed by atoms with Crippen molar-refractivity contribution in [1.29, 1.82) is 0 Å². The molecule has 640 valence electrons. The van der Waals surface area contributed by atoms with Gasteiger partial charge in [0.1, 0.15) is 61.2 Å². The minimum atomic E-state index is -0.795. The van der Waals surface area contributed by atoms with E-state index in [-0.39, 0.29) is 59.6 Å². The summed E-state index contributed by atoms with van der Waals surface area (Å²) in [4.78, 5) is 72.5. The summed E-state index contributed by atoms with van der Waals surface area (Å²) in [5.41, 5.74) is 35.7. The van der Waals surface area contributed by atoms with Crippen molar-refractivity contribution in [1.82, 2.24) is 91.4 Å². The molecule has 0 bridgehead atoms. The quantitative estimate of drug-likeness (QED) is 0.0371. The average molecular weight is 2150 g/mol. The van der Waals surface area contributed by atoms with Gasteiger partial charge in [-0.2, -0.15) is 0 Å². The van der Waals surface area contributed by atoms with E-state index in [9.17, 15) is 24.0 Å². The van der Waals surface area contributed by atoms with E-state index in [0.29, 0.717) is 104 Å². The van der Waals surface area contributed by atoms with Crippen molar-refractivity contribution in [2.24, 2.45) is 0 Å². The molecule has 5 saturated heterocycles. The first-order valence-corrected chi connectivity index (χ1v) is 42.3. The van der Waals surface area contributed by atoms with Gasteiger partial charge in [0, 0.05) is 131 Å². The molecule has 5 aliphatic heterocycles. The number of alkyl halides is 1. The molecule has 5 fully saturated rings. The lowest BCUT2D eigenvalue weighted by Crippen LogP contribution is -2.50. The number of halogens is 9. The number of carboxylic acids is 1. The Morgan fingerprint density at radius 1 is 0.374 bits per heavy atom. The van der Waals surface area contributed by atoms with Crippen molar-refractivity contribution in [3.05, 3.63) is 74.6 Å². The van der Waals surface area contributed by atoms with Gasteiger partial charge in [-0.15, -0.1) is 73.6 Å². The van der Waals surface area contributed by atoms with Crippen molar-refractivity contribution >= 4 is 228 Å². The summed E-state index contributed by atoms with van der Waals surface area (Å²) in [6.45, 7) is 38.4. The van der Waals surface area contributed by atoms with Gasteiger partial charge in [0.15, 0.2) is 29.1 Å². The first-order valence-electron chi connectivity index (χ1n) is 35.6. The van der Waals surface area contributed by atoms with Gasteiger partial charge in [-0.25, -0.2) is 9.59 Å². The molecule has 0 spiro atoms. The second-order valence-corrected chi connectivity index (χ2v) is 35.4. The Labute approximate surface area is 744 Å². The molecule has 2 amide bonds. The van der Waals surface area contributed by atoms with Crippen LogP contribution in [0.15, 0.2) is 74.6 Å². The molecule has 0 unspecified atom stereocenters. The number of ether oxygens (including phenoxy) is 4. The highest BCUT2D eigenvalue weighted by atomic mass is 79.9. The fourth-order valence-electron chi connectivity index (χ4n) is 10.1. The zero-order valence-electron chi connectivity index (χ0n) is 66.3. The van der Waals surface area contributed by atoms with Crippen LogP contribution in [0.5, 0.6) is 0 Å². The normalized spacial score (nSPS) is 15.2. The number of anilines is 10. The number of hydrogen-bond donors (Lipinski definition) is 9. The third kappa shape index (κ3) is 42.1. The van der Waals surface area contributed by atoms with Crippen LogP contribution in [0.4, 0.5) is 67.2 Å². The molecule has 5 aliphatic rings. The molecule has 11 rings (SSSR count). The minimum Gasteiger partial charge on any atom is -0.480 e. The molecule has 11 heterocycles. The van der Waals surface area contributed by atoms with Crippen molar-refractivity contribution < 1.29 is 48.0 Å². The topological polar surface area (TPSA) is 503 Å². The van der Waals surface area contributed by atoms with Gasteiger partial charge in [0.2, 0.25) is 0 Å². The van der Waals surface area contributed by atoms with Crippen molar-refractivity contribution in [3.63, 3.8) is 0 Å². The molecule has 6 aromatic heterocycles. The first kappa shape index (κ1) is 103. The molecule has 0 aliphatic carbocycles. The number of nitrogen functional groups attached to an aromatic ring is 6. The molecule has 0 saturated carbocycles. The molecular formula is C68H105Br8ClN28O10. The number of rotatable bonds is 9. The van der Waals surface area contributed by atoms with Gasteiger partial charge in [-0.1, -0.05) is 15.9 Å². The Bertz CT molecular complexity index is 3970. The van der Waals surface area contributed by atoms with Crippen LogP contribution in [0.2, 0.25) is 0 Å². The molecule has 38 nitrogen and oxygen atoms in total. The van der Waals surface area contributed by atoms with Crippen LogP contribution in [0, 0.1) is 0 Å². The molecule has 0 radical (unpaired) electrons. The van der Waals surface area contributed by atoms with Gasteiger partial charge in [0.25, 0.3) is 0 Å². The number of carbonyl (C=O) groups excluding carboxylic acids is 4. The van der Waals surface area contributed by atoms with Crippen LogP contribution in [0.25, 0.3) is 0 Å². The van der Waals surface area contributed by atoms with E-state index in [2.05, 4.69) is 224 Å². The zero-order chi connectivity index (χ0) is 85.3. The van der Waals surface area contributed by atoms with Crippen LogP contribution >= 0.6 is 140 Å². The first-order chi connectivity index (χ1) is 53.3. The minimum absolute atomic E-state index is 0. The number of esters is 2. The average Bonchev–Trinajstić information content (AvgIpc) is 0.827. The smallest absolute Gasteiger partial charge is 0.410 e. The number of nitrogens with one attached hydrogen (secondary N) is 2. The molecule has 47 heteroatoms. The predicted molar refractivity (Wildman–Crippen MR) is 476 cm³/mol. The Morgan fingerprint density at radius 3 is 0.965 bits per heavy atom. The lowest BCUT2D eigenvalue weighted by Gasteiger charge is -2.36. The molecular weight excluding hydrogens is 2040 g/mol. The second-order valence-electron chi connectivity index (χ2n) is 29.1. The number of amides is 2. The highest BCUT2D eigenvalue weighted by Gasteiger charge is 2.29. The van der Waals surface area contributed by atoms with Crippen LogP contribution in [-0.4, -0.2) is 288 Å². The Morgan fingerprint density at radius 2 is 0.670 bits per heavy atom. The van der Waals surface area contributed by atoms with E-state index < -0.39 is 17.2 Å². The maximum atomic E-state index is 12.0. The van der Waals surface area contributed by atoms with Crippen LogP contribution in [-0.2, 0) is 33.3 Å². The maximum absolute atomic E-state index is 12.0. The molecule has 115 heavy (non-hydrogen) atoms. The van der Waals surface area contributed by atoms with Crippen LogP contribution in [0.3, 0.4) is 0 Å². The fourth-order valence-corrected chi connectivity index (χ4v) is 12.5. The monoisotopic (exact) mass is 2140 g/mol. The largest absolute Gasteiger partial charge is 0.480 e. The Kier molecular flexibility index (Phi) is 44.9. The Balaban J connectivity index is 0.000000348. The number of carbonyl (C=O) groups is 5. The molecule has 6 aromatic rings. The van der Waals surface area contributed by atoms with E-state index in [4.69, 9.17) is 58.5 Å². The van der Waals surface area contributed by atoms with Gasteiger partial charge in [-0.3, -0.25) is 24.2 Å². The summed E-state index contributed by atoms with van der Waals surface area (Å²) >= 11 is 25.6. The van der Waals surface area contributed by atoms with Crippen molar-refractivity contribution in [3.8, 4) is 0 Å². The highest BCUT2D eigenvalue weighted by molar-refractivity contribution is 9.11. The number of hydrogen-bond acceptors (Lipinski definition) is 35.